The Morgan fingerprint density at radius 1 is 1.15 bits per heavy atom. The first-order valence-electron chi connectivity index (χ1n) is 8.66. The monoisotopic (exact) mass is 353 g/mol. The number of amides is 1. The number of para-hydroxylation sites is 1. The fourth-order valence-electron chi connectivity index (χ4n) is 3.42. The second-order valence-electron chi connectivity index (χ2n) is 6.83. The zero-order valence-corrected chi connectivity index (χ0v) is 15.3. The van der Waals surface area contributed by atoms with Gasteiger partial charge in [-0.1, -0.05) is 35.9 Å². The number of anilines is 1. The summed E-state index contributed by atoms with van der Waals surface area (Å²) in [7, 11) is 0. The van der Waals surface area contributed by atoms with Gasteiger partial charge in [0, 0.05) is 12.0 Å². The minimum atomic E-state index is -1.79. The molecule has 5 heteroatoms. The quantitative estimate of drug-likeness (QED) is 0.867. The van der Waals surface area contributed by atoms with Crippen molar-refractivity contribution in [1.82, 2.24) is 0 Å². The summed E-state index contributed by atoms with van der Waals surface area (Å²) in [5.74, 6) is 0.0295. The molecule has 2 aromatic rings. The van der Waals surface area contributed by atoms with Crippen LogP contribution in [-0.4, -0.2) is 29.9 Å². The first kappa shape index (κ1) is 18.1. The molecule has 1 amide bonds. The van der Waals surface area contributed by atoms with E-state index in [1.807, 2.05) is 44.2 Å². The van der Waals surface area contributed by atoms with Crippen molar-refractivity contribution in [3.63, 3.8) is 0 Å². The van der Waals surface area contributed by atoms with E-state index in [0.29, 0.717) is 24.4 Å². The van der Waals surface area contributed by atoms with Crippen molar-refractivity contribution in [1.29, 1.82) is 0 Å². The number of nitrogens with zero attached hydrogens (tertiary/aromatic N) is 1. The molecular formula is C21H23NO4. The summed E-state index contributed by atoms with van der Waals surface area (Å²) in [6.07, 6.45) is -0.225. The van der Waals surface area contributed by atoms with Crippen LogP contribution in [-0.2, 0) is 15.2 Å². The standard InChI is InChI=1S/C21H23NO4/c1-14-7-9-17(10-8-14)26-12-11-22-19-15(2)5-4-6-18(19)21(25,20(22)24)13-16(3)23/h4-10,25H,11-13H2,1-3H3. The maximum absolute atomic E-state index is 12.9. The van der Waals surface area contributed by atoms with Crippen LogP contribution < -0.4 is 9.64 Å². The van der Waals surface area contributed by atoms with Crippen LogP contribution in [0.25, 0.3) is 0 Å². The lowest BCUT2D eigenvalue weighted by Crippen LogP contribution is -2.43. The average Bonchev–Trinajstić information content (AvgIpc) is 2.79. The van der Waals surface area contributed by atoms with Gasteiger partial charge in [-0.05, 0) is 38.5 Å². The third-order valence-corrected chi connectivity index (χ3v) is 4.66. The van der Waals surface area contributed by atoms with Gasteiger partial charge < -0.3 is 14.7 Å². The highest BCUT2D eigenvalue weighted by Crippen LogP contribution is 2.44. The van der Waals surface area contributed by atoms with Crippen molar-refractivity contribution in [3.8, 4) is 5.75 Å². The van der Waals surface area contributed by atoms with Gasteiger partial charge in [-0.3, -0.25) is 9.59 Å². The number of ether oxygens (including phenoxy) is 1. The molecule has 0 aliphatic carbocycles. The molecule has 1 atom stereocenters. The lowest BCUT2D eigenvalue weighted by molar-refractivity contribution is -0.141. The van der Waals surface area contributed by atoms with Gasteiger partial charge in [0.2, 0.25) is 0 Å². The fraction of sp³-hybridized carbons (Fsp3) is 0.333. The predicted molar refractivity (Wildman–Crippen MR) is 99.4 cm³/mol. The van der Waals surface area contributed by atoms with Gasteiger partial charge >= 0.3 is 0 Å². The second-order valence-corrected chi connectivity index (χ2v) is 6.83. The first-order chi connectivity index (χ1) is 12.3. The second kappa shape index (κ2) is 6.92. The predicted octanol–water partition coefficient (Wildman–Crippen LogP) is 2.90. The van der Waals surface area contributed by atoms with E-state index in [0.717, 1.165) is 16.9 Å². The Balaban J connectivity index is 1.82. The van der Waals surface area contributed by atoms with Crippen molar-refractivity contribution in [2.45, 2.75) is 32.8 Å². The Bertz CT molecular complexity index is 844. The van der Waals surface area contributed by atoms with Crippen LogP contribution in [0.3, 0.4) is 0 Å². The van der Waals surface area contributed by atoms with E-state index in [2.05, 4.69) is 0 Å². The number of aryl methyl sites for hydroxylation is 2. The number of carbonyl (C=O) groups is 2. The van der Waals surface area contributed by atoms with Crippen LogP contribution in [0.4, 0.5) is 5.69 Å². The maximum atomic E-state index is 12.9. The largest absolute Gasteiger partial charge is 0.492 e. The van der Waals surface area contributed by atoms with Gasteiger partial charge in [-0.15, -0.1) is 0 Å². The van der Waals surface area contributed by atoms with Crippen molar-refractivity contribution >= 4 is 17.4 Å². The lowest BCUT2D eigenvalue weighted by Gasteiger charge is -2.22. The summed E-state index contributed by atoms with van der Waals surface area (Å²) >= 11 is 0. The van der Waals surface area contributed by atoms with Crippen LogP contribution in [0, 0.1) is 13.8 Å². The molecule has 1 unspecified atom stereocenters. The highest BCUT2D eigenvalue weighted by molar-refractivity contribution is 6.09. The maximum Gasteiger partial charge on any atom is 0.264 e. The van der Waals surface area contributed by atoms with E-state index in [4.69, 9.17) is 4.74 Å². The van der Waals surface area contributed by atoms with Crippen LogP contribution in [0.2, 0.25) is 0 Å². The van der Waals surface area contributed by atoms with E-state index in [1.54, 1.807) is 12.1 Å². The molecule has 3 rings (SSSR count). The number of benzene rings is 2. The molecule has 5 nitrogen and oxygen atoms in total. The third-order valence-electron chi connectivity index (χ3n) is 4.66. The first-order valence-corrected chi connectivity index (χ1v) is 8.66. The summed E-state index contributed by atoms with van der Waals surface area (Å²) in [4.78, 5) is 26.1. The number of Topliss-reactive ketones (excluding diaryl/α,β-unsaturated/α-hetero) is 1. The van der Waals surface area contributed by atoms with Gasteiger partial charge in [-0.2, -0.15) is 0 Å². The Kier molecular flexibility index (Phi) is 4.83. The molecule has 0 fully saturated rings. The van der Waals surface area contributed by atoms with Crippen LogP contribution in [0.1, 0.15) is 30.0 Å². The van der Waals surface area contributed by atoms with Crippen molar-refractivity contribution in [2.24, 2.45) is 0 Å². The average molecular weight is 353 g/mol. The third kappa shape index (κ3) is 3.22. The van der Waals surface area contributed by atoms with Gasteiger partial charge in [0.25, 0.3) is 5.91 Å². The van der Waals surface area contributed by atoms with Crippen molar-refractivity contribution in [3.05, 3.63) is 59.2 Å². The van der Waals surface area contributed by atoms with E-state index < -0.39 is 11.5 Å². The van der Waals surface area contributed by atoms with Crippen molar-refractivity contribution in [2.75, 3.05) is 18.1 Å². The molecule has 1 heterocycles. The molecule has 136 valence electrons. The molecule has 2 aromatic carbocycles. The van der Waals surface area contributed by atoms with Gasteiger partial charge in [0.15, 0.2) is 5.60 Å². The number of hydrogen-bond donors (Lipinski definition) is 1. The minimum absolute atomic E-state index is 0.225. The number of carbonyl (C=O) groups excluding carboxylic acids is 2. The minimum Gasteiger partial charge on any atom is -0.492 e. The molecule has 0 bridgehead atoms. The summed E-state index contributed by atoms with van der Waals surface area (Å²) in [5.41, 5.74) is 1.40. The molecule has 0 spiro atoms. The van der Waals surface area contributed by atoms with E-state index in [-0.39, 0.29) is 12.2 Å². The summed E-state index contributed by atoms with van der Waals surface area (Å²) in [6.45, 7) is 5.86. The molecular weight excluding hydrogens is 330 g/mol. The summed E-state index contributed by atoms with van der Waals surface area (Å²) < 4.78 is 5.73. The van der Waals surface area contributed by atoms with Crippen LogP contribution in [0.5, 0.6) is 5.75 Å². The topological polar surface area (TPSA) is 66.8 Å². The molecule has 0 saturated carbocycles. The van der Waals surface area contributed by atoms with Crippen molar-refractivity contribution < 1.29 is 19.4 Å². The normalized spacial score (nSPS) is 18.8. The number of rotatable bonds is 6. The van der Waals surface area contributed by atoms with Gasteiger partial charge in [-0.25, -0.2) is 0 Å². The molecule has 26 heavy (non-hydrogen) atoms. The molecule has 0 radical (unpaired) electrons. The fourth-order valence-corrected chi connectivity index (χ4v) is 3.42. The SMILES string of the molecule is CC(=O)CC1(O)C(=O)N(CCOc2ccc(C)cc2)c2c(C)cccc21. The number of fused-ring (bicyclic) bond motifs is 1. The molecule has 1 aliphatic rings. The number of hydrogen-bond acceptors (Lipinski definition) is 4. The summed E-state index contributed by atoms with van der Waals surface area (Å²) in [5, 5.41) is 11.0. The molecule has 0 saturated heterocycles. The van der Waals surface area contributed by atoms with Crippen LogP contribution >= 0.6 is 0 Å². The Morgan fingerprint density at radius 3 is 2.50 bits per heavy atom. The van der Waals surface area contributed by atoms with E-state index in [9.17, 15) is 14.7 Å². The molecule has 1 aliphatic heterocycles. The highest BCUT2D eigenvalue weighted by atomic mass is 16.5. The van der Waals surface area contributed by atoms with E-state index >= 15 is 0 Å². The highest BCUT2D eigenvalue weighted by Gasteiger charge is 2.50. The zero-order chi connectivity index (χ0) is 18.9. The van der Waals surface area contributed by atoms with E-state index in [1.165, 1.54) is 11.8 Å². The van der Waals surface area contributed by atoms with Gasteiger partial charge in [0.05, 0.1) is 12.2 Å². The lowest BCUT2D eigenvalue weighted by atomic mass is 9.89. The molecule has 0 aromatic heterocycles. The Labute approximate surface area is 153 Å². The van der Waals surface area contributed by atoms with Gasteiger partial charge in [0.1, 0.15) is 18.1 Å². The zero-order valence-electron chi connectivity index (χ0n) is 15.3. The Morgan fingerprint density at radius 2 is 1.85 bits per heavy atom. The Hall–Kier alpha value is -2.66. The van der Waals surface area contributed by atoms with Crippen LogP contribution in [0.15, 0.2) is 42.5 Å². The number of aliphatic hydroxyl groups is 1. The number of ketones is 1. The molecule has 1 N–H and O–H groups in total. The summed E-state index contributed by atoms with van der Waals surface area (Å²) in [6, 6.07) is 13.1. The smallest absolute Gasteiger partial charge is 0.264 e.